The number of anilines is 1. The van der Waals surface area contributed by atoms with E-state index in [4.69, 9.17) is 0 Å². The molecule has 2 N–H and O–H groups in total. The van der Waals surface area contributed by atoms with Gasteiger partial charge in [-0.05, 0) is 57.7 Å². The molecule has 1 aliphatic rings. The fourth-order valence-electron chi connectivity index (χ4n) is 4.37. The van der Waals surface area contributed by atoms with E-state index in [1.807, 2.05) is 0 Å². The monoisotopic (exact) mass is 489 g/mol. The second-order valence-corrected chi connectivity index (χ2v) is 10.0. The van der Waals surface area contributed by atoms with Gasteiger partial charge < -0.3 is 10.6 Å². The Bertz CT molecular complexity index is 976. The molecule has 0 aliphatic heterocycles. The maximum absolute atomic E-state index is 12.8. The summed E-state index contributed by atoms with van der Waals surface area (Å²) in [6.07, 6.45) is 5.88. The van der Waals surface area contributed by atoms with E-state index >= 15 is 0 Å². The Hall–Kier alpha value is -2.22. The van der Waals surface area contributed by atoms with Crippen LogP contribution < -0.4 is 16.2 Å². The topological polar surface area (TPSA) is 88.9 Å². The molecule has 7 nitrogen and oxygen atoms in total. The van der Waals surface area contributed by atoms with Gasteiger partial charge in [0, 0.05) is 30.5 Å². The van der Waals surface area contributed by atoms with Crippen molar-refractivity contribution < 1.29 is 4.79 Å². The minimum atomic E-state index is -0.215. The van der Waals surface area contributed by atoms with E-state index in [0.29, 0.717) is 34.3 Å². The Morgan fingerprint density at radius 2 is 1.94 bits per heavy atom. The molecule has 1 fully saturated rings. The summed E-state index contributed by atoms with van der Waals surface area (Å²) < 4.78 is 1.83. The van der Waals surface area contributed by atoms with E-state index in [1.54, 1.807) is 30.7 Å². The predicted octanol–water partition coefficient (Wildman–Crippen LogP) is 3.95. The standard InChI is InChI=1S/C23H32BrN5O2/c1-14-12-18(15(2)16(3)23(14,4)5)28-19-13-27-29(22(31)20(19)24)11-10-26-21(30)17-6-8-25-9-7-17/h6-9,13-16,18,28H,10-12H2,1-5H3,(H,26,30)/t14-,15+,16+,18+/m0/s1. The zero-order valence-electron chi connectivity index (χ0n) is 18.9. The van der Waals surface area contributed by atoms with Gasteiger partial charge in [0.1, 0.15) is 4.47 Å². The molecule has 2 aromatic heterocycles. The van der Waals surface area contributed by atoms with E-state index in [2.05, 4.69) is 71.3 Å². The highest BCUT2D eigenvalue weighted by Crippen LogP contribution is 2.48. The third-order valence-electron chi connectivity index (χ3n) is 7.35. The van der Waals surface area contributed by atoms with Crippen molar-refractivity contribution in [3.8, 4) is 0 Å². The Morgan fingerprint density at radius 3 is 2.61 bits per heavy atom. The summed E-state index contributed by atoms with van der Waals surface area (Å²) in [6, 6.07) is 3.57. The molecule has 168 valence electrons. The van der Waals surface area contributed by atoms with E-state index < -0.39 is 0 Å². The summed E-state index contributed by atoms with van der Waals surface area (Å²) in [4.78, 5) is 28.8. The predicted molar refractivity (Wildman–Crippen MR) is 126 cm³/mol. The fraction of sp³-hybridized carbons (Fsp3) is 0.565. The summed E-state index contributed by atoms with van der Waals surface area (Å²) in [7, 11) is 0. The largest absolute Gasteiger partial charge is 0.380 e. The average Bonchev–Trinajstić information content (AvgIpc) is 2.76. The summed E-state index contributed by atoms with van der Waals surface area (Å²) in [6.45, 7) is 12.2. The van der Waals surface area contributed by atoms with Crippen molar-refractivity contribution >= 4 is 27.5 Å². The number of halogens is 1. The number of carbonyl (C=O) groups excluding carboxylic acids is 1. The Labute approximate surface area is 192 Å². The number of carbonyl (C=O) groups is 1. The molecule has 1 aliphatic carbocycles. The van der Waals surface area contributed by atoms with Crippen molar-refractivity contribution in [3.63, 3.8) is 0 Å². The van der Waals surface area contributed by atoms with Crippen LogP contribution in [0.5, 0.6) is 0 Å². The van der Waals surface area contributed by atoms with Crippen LogP contribution in [0, 0.1) is 23.2 Å². The number of nitrogens with one attached hydrogen (secondary N) is 2. The first-order valence-electron chi connectivity index (χ1n) is 10.8. The molecule has 31 heavy (non-hydrogen) atoms. The molecule has 1 amide bonds. The van der Waals surface area contributed by atoms with E-state index in [0.717, 1.165) is 12.1 Å². The number of aromatic nitrogens is 3. The van der Waals surface area contributed by atoms with Crippen LogP contribution in [-0.2, 0) is 6.54 Å². The van der Waals surface area contributed by atoms with Gasteiger partial charge in [0.05, 0.1) is 18.4 Å². The zero-order chi connectivity index (χ0) is 22.8. The van der Waals surface area contributed by atoms with Crippen molar-refractivity contribution in [2.24, 2.45) is 23.2 Å². The van der Waals surface area contributed by atoms with Gasteiger partial charge in [0.2, 0.25) is 0 Å². The first-order chi connectivity index (χ1) is 14.6. The van der Waals surface area contributed by atoms with Gasteiger partial charge >= 0.3 is 0 Å². The fourth-order valence-corrected chi connectivity index (χ4v) is 4.79. The maximum Gasteiger partial charge on any atom is 0.283 e. The maximum atomic E-state index is 12.8. The molecule has 0 saturated heterocycles. The first kappa shape index (κ1) is 23.4. The summed E-state index contributed by atoms with van der Waals surface area (Å²) in [5, 5.41) is 10.7. The lowest BCUT2D eigenvalue weighted by Gasteiger charge is -2.50. The van der Waals surface area contributed by atoms with Crippen LogP contribution in [0.4, 0.5) is 5.69 Å². The van der Waals surface area contributed by atoms with Crippen LogP contribution in [0.3, 0.4) is 0 Å². The van der Waals surface area contributed by atoms with Gasteiger partial charge in [-0.2, -0.15) is 5.10 Å². The molecule has 8 heteroatoms. The number of pyridine rings is 1. The molecule has 2 aromatic rings. The molecule has 0 radical (unpaired) electrons. The molecular formula is C23H32BrN5O2. The summed E-state index contributed by atoms with van der Waals surface area (Å²) >= 11 is 3.46. The van der Waals surface area contributed by atoms with Crippen LogP contribution >= 0.6 is 15.9 Å². The highest BCUT2D eigenvalue weighted by molar-refractivity contribution is 9.10. The zero-order valence-corrected chi connectivity index (χ0v) is 20.4. The second-order valence-electron chi connectivity index (χ2n) is 9.25. The van der Waals surface area contributed by atoms with Gasteiger partial charge in [-0.3, -0.25) is 14.6 Å². The second kappa shape index (κ2) is 9.51. The third kappa shape index (κ3) is 5.00. The molecule has 3 rings (SSSR count). The lowest BCUT2D eigenvalue weighted by atomic mass is 9.58. The van der Waals surface area contributed by atoms with Gasteiger partial charge in [-0.1, -0.05) is 34.6 Å². The minimum absolute atomic E-state index is 0.203. The molecule has 0 spiro atoms. The molecule has 4 atom stereocenters. The summed E-state index contributed by atoms with van der Waals surface area (Å²) in [5.41, 5.74) is 1.33. The van der Waals surface area contributed by atoms with E-state index in [9.17, 15) is 9.59 Å². The smallest absolute Gasteiger partial charge is 0.283 e. The van der Waals surface area contributed by atoms with Crippen molar-refractivity contribution in [2.75, 3.05) is 11.9 Å². The van der Waals surface area contributed by atoms with Gasteiger partial charge in [0.15, 0.2) is 0 Å². The van der Waals surface area contributed by atoms with Crippen LogP contribution in [-0.4, -0.2) is 33.3 Å². The van der Waals surface area contributed by atoms with Crippen molar-refractivity contribution in [2.45, 2.75) is 53.6 Å². The number of rotatable bonds is 6. The lowest BCUT2D eigenvalue weighted by molar-refractivity contribution is 0.0316. The lowest BCUT2D eigenvalue weighted by Crippen LogP contribution is -2.48. The van der Waals surface area contributed by atoms with Crippen LogP contribution in [0.15, 0.2) is 40.0 Å². The number of hydrogen-bond donors (Lipinski definition) is 2. The molecule has 0 unspecified atom stereocenters. The van der Waals surface area contributed by atoms with E-state index in [-0.39, 0.29) is 29.5 Å². The highest BCUT2D eigenvalue weighted by Gasteiger charge is 2.43. The molecule has 0 bridgehead atoms. The SMILES string of the molecule is C[C@@H]1[C@@H](C)C(C)(C)[C@@H](C)C[C@H]1Nc1cnn(CCNC(=O)c2ccncc2)c(=O)c1Br. The number of hydrogen-bond acceptors (Lipinski definition) is 5. The van der Waals surface area contributed by atoms with Crippen molar-refractivity contribution in [1.29, 1.82) is 0 Å². The minimum Gasteiger partial charge on any atom is -0.380 e. The van der Waals surface area contributed by atoms with Crippen molar-refractivity contribution in [3.05, 3.63) is 51.1 Å². The third-order valence-corrected chi connectivity index (χ3v) is 8.12. The Kier molecular flexibility index (Phi) is 7.19. The molecule has 2 heterocycles. The molecular weight excluding hydrogens is 458 g/mol. The molecule has 0 aromatic carbocycles. The van der Waals surface area contributed by atoms with Gasteiger partial charge in [0.25, 0.3) is 11.5 Å². The molecule has 1 saturated carbocycles. The number of nitrogens with zero attached hydrogens (tertiary/aromatic N) is 3. The Balaban J connectivity index is 1.64. The average molecular weight is 490 g/mol. The highest BCUT2D eigenvalue weighted by atomic mass is 79.9. The van der Waals surface area contributed by atoms with Crippen LogP contribution in [0.2, 0.25) is 0 Å². The number of amides is 1. The quantitative estimate of drug-likeness (QED) is 0.640. The summed E-state index contributed by atoms with van der Waals surface area (Å²) in [5.74, 6) is 1.41. The first-order valence-corrected chi connectivity index (χ1v) is 11.6. The Morgan fingerprint density at radius 1 is 1.26 bits per heavy atom. The van der Waals surface area contributed by atoms with Gasteiger partial charge in [-0.25, -0.2) is 4.68 Å². The van der Waals surface area contributed by atoms with Crippen LogP contribution in [0.1, 0.15) is 51.4 Å². The van der Waals surface area contributed by atoms with Crippen molar-refractivity contribution in [1.82, 2.24) is 20.1 Å². The van der Waals surface area contributed by atoms with E-state index in [1.165, 1.54) is 4.68 Å². The van der Waals surface area contributed by atoms with Gasteiger partial charge in [-0.15, -0.1) is 0 Å². The normalized spacial score (nSPS) is 25.1. The van der Waals surface area contributed by atoms with Crippen LogP contribution in [0.25, 0.3) is 0 Å².